The minimum absolute atomic E-state index is 0.0617. The lowest BCUT2D eigenvalue weighted by Gasteiger charge is -2.25. The summed E-state index contributed by atoms with van der Waals surface area (Å²) in [5.41, 5.74) is 0. The zero-order valence-electron chi connectivity index (χ0n) is 37.6. The first kappa shape index (κ1) is 55.0. The standard InChI is InChI=1S/C47H93N2O6P/c1-6-8-10-12-14-16-18-20-21-22-23-24-25-26-27-29-31-33-35-37-39-41-47(51)48-45(44-55-56(52,53)54-43-42-49(3,4)5)46(50)40-38-36-34-32-30-28-19-17-15-13-11-9-7-2/h11,13,38,40,45-46,50H,6-10,12,14-37,39,41-44H2,1-5H3,(H-,48,51,52,53)/p+1/b13-11-,40-38+/t45-,46+/m0/s1. The van der Waals surface area contributed by atoms with Gasteiger partial charge in [-0.15, -0.1) is 0 Å². The van der Waals surface area contributed by atoms with Crippen LogP contribution in [-0.2, 0) is 18.4 Å². The number of carbonyl (C=O) groups excluding carboxylic acids is 1. The number of unbranched alkanes of at least 4 members (excludes halogenated alkanes) is 28. The van der Waals surface area contributed by atoms with Crippen molar-refractivity contribution in [1.82, 2.24) is 5.32 Å². The number of aliphatic hydroxyl groups is 1. The second-order valence-electron chi connectivity index (χ2n) is 17.5. The normalized spacial score (nSPS) is 14.5. The fourth-order valence-electron chi connectivity index (χ4n) is 6.87. The van der Waals surface area contributed by atoms with Gasteiger partial charge in [0, 0.05) is 6.42 Å². The van der Waals surface area contributed by atoms with Crippen molar-refractivity contribution < 1.29 is 32.9 Å². The van der Waals surface area contributed by atoms with Crippen LogP contribution in [0.1, 0.15) is 219 Å². The number of nitrogens with one attached hydrogen (secondary N) is 1. The molecule has 0 fully saturated rings. The number of hydrogen-bond donors (Lipinski definition) is 3. The number of likely N-dealkylation sites (N-methyl/N-ethyl adjacent to an activating group) is 1. The molecule has 0 saturated carbocycles. The highest BCUT2D eigenvalue weighted by atomic mass is 31.2. The lowest BCUT2D eigenvalue weighted by atomic mass is 10.0. The Morgan fingerprint density at radius 3 is 1.45 bits per heavy atom. The van der Waals surface area contributed by atoms with Crippen molar-refractivity contribution in [1.29, 1.82) is 0 Å². The van der Waals surface area contributed by atoms with E-state index >= 15 is 0 Å². The second-order valence-corrected chi connectivity index (χ2v) is 18.9. The van der Waals surface area contributed by atoms with Crippen molar-refractivity contribution in [3.63, 3.8) is 0 Å². The Bertz CT molecular complexity index is 969. The molecule has 0 aliphatic carbocycles. The molecule has 0 saturated heterocycles. The third kappa shape index (κ3) is 41.2. The van der Waals surface area contributed by atoms with E-state index in [9.17, 15) is 19.4 Å². The Hall–Kier alpha value is -1.02. The number of phosphoric acid groups is 1. The quantitative estimate of drug-likeness (QED) is 0.0245. The van der Waals surface area contributed by atoms with Gasteiger partial charge in [0.1, 0.15) is 13.2 Å². The van der Waals surface area contributed by atoms with E-state index in [1.54, 1.807) is 6.08 Å². The number of phosphoric ester groups is 1. The fourth-order valence-corrected chi connectivity index (χ4v) is 7.60. The minimum Gasteiger partial charge on any atom is -0.387 e. The maximum Gasteiger partial charge on any atom is 0.472 e. The number of hydrogen-bond acceptors (Lipinski definition) is 5. The van der Waals surface area contributed by atoms with Gasteiger partial charge in [0.25, 0.3) is 0 Å². The molecule has 0 aromatic heterocycles. The summed E-state index contributed by atoms with van der Waals surface area (Å²) in [5.74, 6) is -0.177. The predicted octanol–water partition coefficient (Wildman–Crippen LogP) is 13.3. The summed E-state index contributed by atoms with van der Waals surface area (Å²) >= 11 is 0. The molecule has 0 spiro atoms. The summed E-state index contributed by atoms with van der Waals surface area (Å²) in [6, 6.07) is -0.845. The first-order valence-corrected chi connectivity index (χ1v) is 25.2. The summed E-state index contributed by atoms with van der Waals surface area (Å²) in [5, 5.41) is 13.8. The summed E-state index contributed by atoms with van der Waals surface area (Å²) in [4.78, 5) is 23.1. The third-order valence-electron chi connectivity index (χ3n) is 10.6. The summed E-state index contributed by atoms with van der Waals surface area (Å²) in [6.07, 6.45) is 46.8. The van der Waals surface area contributed by atoms with E-state index in [1.807, 2.05) is 27.2 Å². The van der Waals surface area contributed by atoms with Crippen LogP contribution in [0.3, 0.4) is 0 Å². The van der Waals surface area contributed by atoms with Gasteiger partial charge in [-0.05, 0) is 38.5 Å². The van der Waals surface area contributed by atoms with E-state index in [-0.39, 0.29) is 19.1 Å². The highest BCUT2D eigenvalue weighted by Gasteiger charge is 2.27. The van der Waals surface area contributed by atoms with Gasteiger partial charge in [0.05, 0.1) is 39.9 Å². The minimum atomic E-state index is -4.34. The molecule has 0 rings (SSSR count). The van der Waals surface area contributed by atoms with Crippen LogP contribution in [0.15, 0.2) is 24.3 Å². The van der Waals surface area contributed by atoms with Crippen molar-refractivity contribution in [3.8, 4) is 0 Å². The molecule has 332 valence electrons. The van der Waals surface area contributed by atoms with Crippen LogP contribution in [0.2, 0.25) is 0 Å². The molecular formula is C47H94N2O6P+. The van der Waals surface area contributed by atoms with Crippen LogP contribution < -0.4 is 5.32 Å². The van der Waals surface area contributed by atoms with Crippen molar-refractivity contribution in [3.05, 3.63) is 24.3 Å². The van der Waals surface area contributed by atoms with Crippen LogP contribution in [0, 0.1) is 0 Å². The predicted molar refractivity (Wildman–Crippen MR) is 240 cm³/mol. The Kier molecular flexibility index (Phi) is 38.7. The smallest absolute Gasteiger partial charge is 0.387 e. The van der Waals surface area contributed by atoms with Crippen molar-refractivity contribution in [2.75, 3.05) is 40.9 Å². The van der Waals surface area contributed by atoms with Gasteiger partial charge in [-0.2, -0.15) is 0 Å². The van der Waals surface area contributed by atoms with Crippen molar-refractivity contribution in [2.24, 2.45) is 0 Å². The van der Waals surface area contributed by atoms with E-state index < -0.39 is 20.0 Å². The van der Waals surface area contributed by atoms with Crippen LogP contribution in [0.25, 0.3) is 0 Å². The maximum absolute atomic E-state index is 12.9. The molecule has 9 heteroatoms. The molecule has 1 amide bonds. The van der Waals surface area contributed by atoms with E-state index in [1.165, 1.54) is 161 Å². The molecule has 0 aliphatic heterocycles. The van der Waals surface area contributed by atoms with E-state index in [0.717, 1.165) is 38.5 Å². The number of quaternary nitrogens is 1. The average Bonchev–Trinajstić information content (AvgIpc) is 3.15. The molecule has 56 heavy (non-hydrogen) atoms. The van der Waals surface area contributed by atoms with Crippen LogP contribution in [0.4, 0.5) is 0 Å². The van der Waals surface area contributed by atoms with Gasteiger partial charge in [-0.3, -0.25) is 13.8 Å². The SMILES string of the molecule is CCC/C=C\CCCCCCCC/C=C/[C@@H](O)[C@H](COP(=O)(O)OCC[N+](C)(C)C)NC(=O)CCCCCCCCCCCCCCCCCCCCCCC. The molecule has 3 atom stereocenters. The van der Waals surface area contributed by atoms with Gasteiger partial charge in [0.2, 0.25) is 5.91 Å². The maximum atomic E-state index is 12.9. The van der Waals surface area contributed by atoms with Gasteiger partial charge in [-0.1, -0.05) is 199 Å². The van der Waals surface area contributed by atoms with Crippen LogP contribution >= 0.6 is 7.82 Å². The molecule has 0 aliphatic rings. The number of rotatable bonds is 43. The average molecular weight is 814 g/mol. The lowest BCUT2D eigenvalue weighted by Crippen LogP contribution is -2.45. The van der Waals surface area contributed by atoms with Crippen molar-refractivity contribution in [2.45, 2.75) is 231 Å². The first-order chi connectivity index (χ1) is 27.0. The molecule has 0 aromatic carbocycles. The molecule has 0 aromatic rings. The van der Waals surface area contributed by atoms with Crippen LogP contribution in [0.5, 0.6) is 0 Å². The Morgan fingerprint density at radius 2 is 1.00 bits per heavy atom. The molecule has 3 N–H and O–H groups in total. The Morgan fingerprint density at radius 1 is 0.589 bits per heavy atom. The number of nitrogens with zero attached hydrogens (tertiary/aromatic N) is 1. The monoisotopic (exact) mass is 814 g/mol. The van der Waals surface area contributed by atoms with Gasteiger partial charge in [0.15, 0.2) is 0 Å². The second kappa shape index (κ2) is 39.4. The molecule has 1 unspecified atom stereocenters. The number of aliphatic hydroxyl groups excluding tert-OH is 1. The zero-order chi connectivity index (χ0) is 41.4. The zero-order valence-corrected chi connectivity index (χ0v) is 38.5. The lowest BCUT2D eigenvalue weighted by molar-refractivity contribution is -0.870. The van der Waals surface area contributed by atoms with E-state index in [2.05, 4.69) is 31.3 Å². The fraction of sp³-hybridized carbons (Fsp3) is 0.894. The third-order valence-corrected chi connectivity index (χ3v) is 11.6. The van der Waals surface area contributed by atoms with E-state index in [0.29, 0.717) is 17.4 Å². The summed E-state index contributed by atoms with van der Waals surface area (Å²) in [6.45, 7) is 4.77. The summed E-state index contributed by atoms with van der Waals surface area (Å²) < 4.78 is 23.6. The topological polar surface area (TPSA) is 105 Å². The molecule has 0 bridgehead atoms. The number of allylic oxidation sites excluding steroid dienone is 3. The summed E-state index contributed by atoms with van der Waals surface area (Å²) in [7, 11) is 1.57. The molecule has 8 nitrogen and oxygen atoms in total. The van der Waals surface area contributed by atoms with Crippen molar-refractivity contribution >= 4 is 13.7 Å². The van der Waals surface area contributed by atoms with Gasteiger partial charge < -0.3 is 19.8 Å². The van der Waals surface area contributed by atoms with E-state index in [4.69, 9.17) is 9.05 Å². The molecule has 0 radical (unpaired) electrons. The first-order valence-electron chi connectivity index (χ1n) is 23.7. The molecular weight excluding hydrogens is 719 g/mol. The van der Waals surface area contributed by atoms with Crippen LogP contribution in [-0.4, -0.2) is 73.4 Å². The number of carbonyl (C=O) groups is 1. The number of amides is 1. The van der Waals surface area contributed by atoms with Gasteiger partial charge >= 0.3 is 7.82 Å². The highest BCUT2D eigenvalue weighted by Crippen LogP contribution is 2.43. The molecule has 0 heterocycles. The largest absolute Gasteiger partial charge is 0.472 e. The van der Waals surface area contributed by atoms with Gasteiger partial charge in [-0.25, -0.2) is 4.57 Å². The highest BCUT2D eigenvalue weighted by molar-refractivity contribution is 7.47. The Labute approximate surface area is 347 Å². The Balaban J connectivity index is 4.28.